The first-order valence-electron chi connectivity index (χ1n) is 12.7. The lowest BCUT2D eigenvalue weighted by Crippen LogP contribution is -2.21. The molecule has 0 atom stereocenters. The first-order chi connectivity index (χ1) is 20.4. The minimum atomic E-state index is -0.671. The Morgan fingerprint density at radius 3 is 2.17 bits per heavy atom. The number of pyridine rings is 1. The summed E-state index contributed by atoms with van der Waals surface area (Å²) in [4.78, 5) is 35.1. The predicted octanol–water partition coefficient (Wildman–Crippen LogP) is 5.86. The predicted molar refractivity (Wildman–Crippen MR) is 160 cm³/mol. The number of carbonyl (C=O) groups is 2. The third-order valence-corrected chi connectivity index (χ3v) is 7.12. The number of carbonyl (C=O) groups excluding carboxylic acids is 2. The van der Waals surface area contributed by atoms with E-state index in [1.165, 1.54) is 32.7 Å². The number of rotatable bonds is 10. The quantitative estimate of drug-likeness (QED) is 0.201. The number of thiazole rings is 1. The van der Waals surface area contributed by atoms with Crippen molar-refractivity contribution in [2.45, 2.75) is 0 Å². The molecule has 3 aromatic carbocycles. The van der Waals surface area contributed by atoms with Gasteiger partial charge in [-0.05, 0) is 48.5 Å². The average molecular weight is 586 g/mol. The van der Waals surface area contributed by atoms with E-state index < -0.39 is 18.5 Å². The number of esters is 1. The maximum atomic E-state index is 13.3. The lowest BCUT2D eigenvalue weighted by Gasteiger charge is -2.15. The zero-order valence-corrected chi connectivity index (χ0v) is 24.1. The number of ether oxygens (including phenoxy) is 5. The highest BCUT2D eigenvalue weighted by Crippen LogP contribution is 2.41. The summed E-state index contributed by atoms with van der Waals surface area (Å²) >= 11 is 1.27. The van der Waals surface area contributed by atoms with Crippen molar-refractivity contribution in [1.82, 2.24) is 9.97 Å². The number of anilines is 1. The van der Waals surface area contributed by atoms with Gasteiger partial charge in [-0.2, -0.15) is 0 Å². The van der Waals surface area contributed by atoms with Gasteiger partial charge in [0.2, 0.25) is 5.75 Å². The molecule has 2 aromatic heterocycles. The van der Waals surface area contributed by atoms with Crippen molar-refractivity contribution in [3.05, 3.63) is 77.7 Å². The Balaban J connectivity index is 1.34. The van der Waals surface area contributed by atoms with Crippen molar-refractivity contribution in [1.29, 1.82) is 0 Å². The van der Waals surface area contributed by atoms with E-state index in [0.717, 1.165) is 11.3 Å². The van der Waals surface area contributed by atoms with Gasteiger partial charge in [0.05, 0.1) is 50.9 Å². The van der Waals surface area contributed by atoms with Crippen LogP contribution in [0.4, 0.5) is 5.13 Å². The summed E-state index contributed by atoms with van der Waals surface area (Å²) < 4.78 is 27.0. The Bertz CT molecular complexity index is 1730. The summed E-state index contributed by atoms with van der Waals surface area (Å²) in [5, 5.41) is 5.49. The van der Waals surface area contributed by atoms with Crippen molar-refractivity contribution in [2.24, 2.45) is 0 Å². The molecule has 42 heavy (non-hydrogen) atoms. The highest BCUT2D eigenvalue weighted by atomic mass is 32.1. The molecule has 2 heterocycles. The monoisotopic (exact) mass is 585 g/mol. The Kier molecular flexibility index (Phi) is 8.49. The number of methoxy groups -OCH3 is 4. The lowest BCUT2D eigenvalue weighted by molar-refractivity contribution is -0.119. The van der Waals surface area contributed by atoms with Crippen LogP contribution in [0.5, 0.6) is 23.0 Å². The Hall–Kier alpha value is -5.16. The molecular weight excluding hydrogens is 558 g/mol. The van der Waals surface area contributed by atoms with Gasteiger partial charge in [-0.15, -0.1) is 11.3 Å². The van der Waals surface area contributed by atoms with E-state index in [1.54, 1.807) is 43.5 Å². The fraction of sp³-hybridized carbons (Fsp3) is 0.161. The van der Waals surface area contributed by atoms with Crippen molar-refractivity contribution in [3.63, 3.8) is 0 Å². The largest absolute Gasteiger partial charge is 0.497 e. The molecule has 0 aliphatic carbocycles. The number of benzene rings is 3. The standard InChI is InChI=1S/C31H27N3O7S/c1-37-20-11-9-18(10-12-20)25-17-42-31(33-25)34-28(35)16-41-30(36)22-15-24(32-23-8-6-5-7-21(22)23)19-13-26(38-2)29(40-4)27(14-19)39-3/h5-15,17H,16H2,1-4H3,(H,33,34,35). The van der Waals surface area contributed by atoms with Crippen LogP contribution in [-0.2, 0) is 9.53 Å². The second-order valence-electron chi connectivity index (χ2n) is 8.88. The van der Waals surface area contributed by atoms with Crippen LogP contribution in [0.2, 0.25) is 0 Å². The van der Waals surface area contributed by atoms with Crippen LogP contribution in [0.25, 0.3) is 33.4 Å². The maximum Gasteiger partial charge on any atom is 0.339 e. The molecule has 5 aromatic rings. The number of amides is 1. The van der Waals surface area contributed by atoms with Crippen LogP contribution in [0, 0.1) is 0 Å². The molecule has 5 rings (SSSR count). The van der Waals surface area contributed by atoms with Gasteiger partial charge in [-0.3, -0.25) is 10.1 Å². The highest BCUT2D eigenvalue weighted by molar-refractivity contribution is 7.14. The summed E-state index contributed by atoms with van der Waals surface area (Å²) in [7, 11) is 6.17. The molecule has 0 spiro atoms. The first kappa shape index (κ1) is 28.4. The normalized spacial score (nSPS) is 10.7. The van der Waals surface area contributed by atoms with Crippen LogP contribution in [0.15, 0.2) is 72.1 Å². The minimum Gasteiger partial charge on any atom is -0.497 e. The van der Waals surface area contributed by atoms with E-state index in [2.05, 4.69) is 10.3 Å². The van der Waals surface area contributed by atoms with E-state index >= 15 is 0 Å². The molecule has 0 aliphatic heterocycles. The summed E-state index contributed by atoms with van der Waals surface area (Å²) in [6.45, 7) is -0.494. The zero-order valence-electron chi connectivity index (χ0n) is 23.3. The SMILES string of the molecule is COc1ccc(-c2csc(NC(=O)COC(=O)c3cc(-c4cc(OC)c(OC)c(OC)c4)nc4ccccc34)n2)cc1. The fourth-order valence-corrected chi connectivity index (χ4v) is 5.05. The first-order valence-corrected chi connectivity index (χ1v) is 13.6. The molecule has 1 N–H and O–H groups in total. The average Bonchev–Trinajstić information content (AvgIpc) is 3.50. The van der Waals surface area contributed by atoms with E-state index in [1.807, 2.05) is 35.7 Å². The summed E-state index contributed by atoms with van der Waals surface area (Å²) in [5.41, 5.74) is 3.54. The van der Waals surface area contributed by atoms with Crippen LogP contribution >= 0.6 is 11.3 Å². The van der Waals surface area contributed by atoms with Crippen LogP contribution < -0.4 is 24.3 Å². The number of aromatic nitrogens is 2. The van der Waals surface area contributed by atoms with E-state index in [0.29, 0.717) is 50.2 Å². The van der Waals surface area contributed by atoms with E-state index in [9.17, 15) is 9.59 Å². The molecule has 0 saturated carbocycles. The van der Waals surface area contributed by atoms with Crippen LogP contribution in [0.3, 0.4) is 0 Å². The van der Waals surface area contributed by atoms with Gasteiger partial charge in [-0.1, -0.05) is 18.2 Å². The van der Waals surface area contributed by atoms with E-state index in [-0.39, 0.29) is 5.56 Å². The lowest BCUT2D eigenvalue weighted by atomic mass is 10.0. The summed E-state index contributed by atoms with van der Waals surface area (Å²) in [6.07, 6.45) is 0. The van der Waals surface area contributed by atoms with Gasteiger partial charge in [0.25, 0.3) is 5.91 Å². The van der Waals surface area contributed by atoms with Crippen molar-refractivity contribution in [2.75, 3.05) is 40.4 Å². The Morgan fingerprint density at radius 2 is 1.50 bits per heavy atom. The van der Waals surface area contributed by atoms with Gasteiger partial charge in [0, 0.05) is 21.9 Å². The van der Waals surface area contributed by atoms with E-state index in [4.69, 9.17) is 28.7 Å². The molecule has 0 unspecified atom stereocenters. The molecule has 11 heteroatoms. The summed E-state index contributed by atoms with van der Waals surface area (Å²) in [5.74, 6) is 0.881. The molecule has 0 aliphatic rings. The van der Waals surface area contributed by atoms with Crippen molar-refractivity contribution < 1.29 is 33.3 Å². The Labute approximate surface area is 245 Å². The molecule has 0 saturated heterocycles. The maximum absolute atomic E-state index is 13.3. The number of hydrogen-bond acceptors (Lipinski definition) is 10. The van der Waals surface area contributed by atoms with Gasteiger partial charge < -0.3 is 23.7 Å². The zero-order chi connectivity index (χ0) is 29.6. The topological polar surface area (TPSA) is 118 Å². The molecule has 0 radical (unpaired) electrons. The van der Waals surface area contributed by atoms with Crippen molar-refractivity contribution >= 4 is 39.2 Å². The number of hydrogen-bond donors (Lipinski definition) is 1. The number of nitrogens with zero attached hydrogens (tertiary/aromatic N) is 2. The van der Waals surface area contributed by atoms with Gasteiger partial charge in [-0.25, -0.2) is 14.8 Å². The molecule has 1 amide bonds. The number of nitrogens with one attached hydrogen (secondary N) is 1. The molecule has 214 valence electrons. The van der Waals surface area contributed by atoms with Gasteiger partial charge in [0.1, 0.15) is 5.75 Å². The highest BCUT2D eigenvalue weighted by Gasteiger charge is 2.20. The summed E-state index contributed by atoms with van der Waals surface area (Å²) in [6, 6.07) is 19.7. The third-order valence-electron chi connectivity index (χ3n) is 6.37. The minimum absolute atomic E-state index is 0.258. The number of para-hydroxylation sites is 1. The van der Waals surface area contributed by atoms with Crippen LogP contribution in [-0.4, -0.2) is 56.9 Å². The Morgan fingerprint density at radius 1 is 0.786 bits per heavy atom. The van der Waals surface area contributed by atoms with Crippen molar-refractivity contribution in [3.8, 4) is 45.5 Å². The van der Waals surface area contributed by atoms with Gasteiger partial charge in [0.15, 0.2) is 23.2 Å². The fourth-order valence-electron chi connectivity index (χ4n) is 4.31. The van der Waals surface area contributed by atoms with Gasteiger partial charge >= 0.3 is 5.97 Å². The smallest absolute Gasteiger partial charge is 0.339 e. The molecule has 10 nitrogen and oxygen atoms in total. The second-order valence-corrected chi connectivity index (χ2v) is 9.74. The molecule has 0 fully saturated rings. The second kappa shape index (κ2) is 12.6. The molecular formula is C31H27N3O7S. The third kappa shape index (κ3) is 5.96. The molecule has 0 bridgehead atoms. The van der Waals surface area contributed by atoms with Crippen LogP contribution in [0.1, 0.15) is 10.4 Å². The number of fused-ring (bicyclic) bond motifs is 1.